The smallest absolute Gasteiger partial charge is 0.258 e. The third-order valence-corrected chi connectivity index (χ3v) is 10.7. The zero-order chi connectivity index (χ0) is 35.0. The summed E-state index contributed by atoms with van der Waals surface area (Å²) in [5.41, 5.74) is 1.83. The number of anilines is 1. The Kier molecular flexibility index (Phi) is 12.8. The van der Waals surface area contributed by atoms with Crippen LogP contribution in [-0.2, 0) is 26.0 Å². The zero-order valence-electron chi connectivity index (χ0n) is 28.6. The number of ether oxygens (including phenoxy) is 2. The van der Waals surface area contributed by atoms with Crippen molar-refractivity contribution in [3.05, 3.63) is 71.1 Å². The molecule has 0 saturated carbocycles. The van der Waals surface area contributed by atoms with Gasteiger partial charge in [0.25, 0.3) is 5.91 Å². The number of aliphatic hydroxyl groups excluding tert-OH is 1. The van der Waals surface area contributed by atoms with Crippen LogP contribution in [-0.4, -0.2) is 91.3 Å². The number of carbonyl (C=O) groups excluding carboxylic acids is 2. The second kappa shape index (κ2) is 16.6. The molecule has 0 unspecified atom stereocenters. The van der Waals surface area contributed by atoms with Crippen molar-refractivity contribution in [2.75, 3.05) is 38.7 Å². The molecule has 0 fully saturated rings. The van der Waals surface area contributed by atoms with Crippen LogP contribution in [0.5, 0.6) is 5.75 Å². The number of aryl methyl sites for hydroxylation is 2. The number of aromatic nitrogens is 1. The lowest BCUT2D eigenvalue weighted by molar-refractivity contribution is -0.115. The van der Waals surface area contributed by atoms with Crippen LogP contribution in [0.15, 0.2) is 57.9 Å². The Morgan fingerprint density at radius 3 is 2.54 bits per heavy atom. The predicted molar refractivity (Wildman–Crippen MR) is 181 cm³/mol. The molecule has 4 atom stereocenters. The van der Waals surface area contributed by atoms with Crippen molar-refractivity contribution in [3.63, 3.8) is 0 Å². The summed E-state index contributed by atoms with van der Waals surface area (Å²) < 4.78 is 46.1. The standard InChI is InChI=1S/C35H48N4O8S/c1-23-20-39(24(2)22-40)35(42)30-19-29(36-33(41)18-28-13-8-7-9-14-28)15-16-31(30)46-25(3)12-10-11-17-45-32(23)21-38(6)48(43,44)34-26(4)37-47-27(34)5/h7-9,13-16,19,23-25,32,40H,10-12,17-18,20-22H2,1-6H3,(H,36,41)/t23-,24-,25-,32+/m1/s1. The molecular weight excluding hydrogens is 636 g/mol. The van der Waals surface area contributed by atoms with Gasteiger partial charge in [-0.15, -0.1) is 0 Å². The first-order valence-corrected chi connectivity index (χ1v) is 17.8. The summed E-state index contributed by atoms with van der Waals surface area (Å²) in [4.78, 5) is 28.8. The van der Waals surface area contributed by atoms with Crippen LogP contribution < -0.4 is 10.1 Å². The largest absolute Gasteiger partial charge is 0.490 e. The van der Waals surface area contributed by atoms with Gasteiger partial charge >= 0.3 is 0 Å². The number of nitrogens with one attached hydrogen (secondary N) is 1. The molecule has 262 valence electrons. The number of aliphatic hydroxyl groups is 1. The van der Waals surface area contributed by atoms with Crippen LogP contribution in [0.25, 0.3) is 0 Å². The first kappa shape index (κ1) is 37.0. The molecule has 2 N–H and O–H groups in total. The summed E-state index contributed by atoms with van der Waals surface area (Å²) in [6.45, 7) is 9.00. The van der Waals surface area contributed by atoms with Gasteiger partial charge in [-0.1, -0.05) is 42.4 Å². The summed E-state index contributed by atoms with van der Waals surface area (Å²) in [6, 6.07) is 13.8. The maximum atomic E-state index is 14.4. The summed E-state index contributed by atoms with van der Waals surface area (Å²) in [6.07, 6.45) is 1.59. The van der Waals surface area contributed by atoms with E-state index in [1.165, 1.54) is 11.4 Å². The fourth-order valence-electron chi connectivity index (χ4n) is 5.80. The highest BCUT2D eigenvalue weighted by Crippen LogP contribution is 2.29. The van der Waals surface area contributed by atoms with E-state index in [0.29, 0.717) is 24.5 Å². The molecule has 13 heteroatoms. The van der Waals surface area contributed by atoms with Gasteiger partial charge in [-0.05, 0) is 70.7 Å². The van der Waals surface area contributed by atoms with E-state index in [1.54, 1.807) is 43.9 Å². The van der Waals surface area contributed by atoms with E-state index in [2.05, 4.69) is 10.5 Å². The van der Waals surface area contributed by atoms with Crippen molar-refractivity contribution < 1.29 is 37.1 Å². The predicted octanol–water partition coefficient (Wildman–Crippen LogP) is 4.59. The van der Waals surface area contributed by atoms with Crippen molar-refractivity contribution in [3.8, 4) is 5.75 Å². The molecule has 1 aliphatic heterocycles. The third-order valence-electron chi connectivity index (χ3n) is 8.62. The zero-order valence-corrected chi connectivity index (χ0v) is 29.5. The average molecular weight is 685 g/mol. The Balaban J connectivity index is 1.64. The summed E-state index contributed by atoms with van der Waals surface area (Å²) in [5.74, 6) is -0.374. The Morgan fingerprint density at radius 2 is 1.88 bits per heavy atom. The highest BCUT2D eigenvalue weighted by molar-refractivity contribution is 7.89. The molecule has 0 spiro atoms. The quantitative estimate of drug-likeness (QED) is 0.330. The van der Waals surface area contributed by atoms with E-state index in [1.807, 2.05) is 44.2 Å². The lowest BCUT2D eigenvalue weighted by Crippen LogP contribution is -2.48. The SMILES string of the molecule is Cc1noc(C)c1S(=O)(=O)N(C)C[C@@H]1OCCCC[C@@H](C)Oc2ccc(NC(=O)Cc3ccccc3)cc2C(=O)N([C@H](C)CO)C[C@H]1C. The van der Waals surface area contributed by atoms with Crippen molar-refractivity contribution in [2.45, 2.75) is 83.4 Å². The van der Waals surface area contributed by atoms with Gasteiger partial charge in [-0.25, -0.2) is 8.42 Å². The van der Waals surface area contributed by atoms with Gasteiger partial charge in [0.2, 0.25) is 15.9 Å². The molecular formula is C35H48N4O8S. The van der Waals surface area contributed by atoms with Crippen molar-refractivity contribution in [1.82, 2.24) is 14.4 Å². The second-order valence-electron chi connectivity index (χ2n) is 12.7. The van der Waals surface area contributed by atoms with Gasteiger partial charge in [0.05, 0.1) is 36.8 Å². The average Bonchev–Trinajstić information content (AvgIpc) is 3.40. The molecule has 4 rings (SSSR count). The third kappa shape index (κ3) is 9.22. The van der Waals surface area contributed by atoms with Gasteiger partial charge in [0.15, 0.2) is 5.76 Å². The number of carbonyl (C=O) groups is 2. The number of amides is 2. The summed E-state index contributed by atoms with van der Waals surface area (Å²) in [7, 11) is -2.45. The van der Waals surface area contributed by atoms with E-state index >= 15 is 0 Å². The van der Waals surface area contributed by atoms with Crippen molar-refractivity contribution >= 4 is 27.5 Å². The number of fused-ring (bicyclic) bond motifs is 1. The minimum absolute atomic E-state index is 0.0246. The highest BCUT2D eigenvalue weighted by atomic mass is 32.2. The molecule has 1 aliphatic rings. The van der Waals surface area contributed by atoms with Gasteiger partial charge in [0, 0.05) is 38.3 Å². The number of nitrogens with zero attached hydrogens (tertiary/aromatic N) is 3. The molecule has 0 bridgehead atoms. The fourth-order valence-corrected chi connectivity index (χ4v) is 7.27. The summed E-state index contributed by atoms with van der Waals surface area (Å²) >= 11 is 0. The van der Waals surface area contributed by atoms with Crippen LogP contribution in [0, 0.1) is 19.8 Å². The first-order chi connectivity index (χ1) is 22.8. The van der Waals surface area contributed by atoms with Gasteiger partial charge in [-0.3, -0.25) is 9.59 Å². The van der Waals surface area contributed by atoms with E-state index in [9.17, 15) is 23.1 Å². The molecule has 12 nitrogen and oxygen atoms in total. The van der Waals surface area contributed by atoms with Crippen LogP contribution >= 0.6 is 0 Å². The van der Waals surface area contributed by atoms with Gasteiger partial charge in [-0.2, -0.15) is 4.31 Å². The molecule has 0 radical (unpaired) electrons. The van der Waals surface area contributed by atoms with Gasteiger partial charge in [0.1, 0.15) is 16.3 Å². The minimum Gasteiger partial charge on any atom is -0.490 e. The minimum atomic E-state index is -3.94. The highest BCUT2D eigenvalue weighted by Gasteiger charge is 2.34. The lowest BCUT2D eigenvalue weighted by Gasteiger charge is -2.35. The van der Waals surface area contributed by atoms with Crippen LogP contribution in [0.2, 0.25) is 0 Å². The Hall–Kier alpha value is -3.78. The molecule has 0 saturated heterocycles. The molecule has 2 heterocycles. The Labute approximate surface area is 283 Å². The van der Waals surface area contributed by atoms with E-state index in [-0.39, 0.29) is 66.0 Å². The normalized spacial score (nSPS) is 20.5. The van der Waals surface area contributed by atoms with Crippen LogP contribution in [0.4, 0.5) is 5.69 Å². The monoisotopic (exact) mass is 684 g/mol. The topological polar surface area (TPSA) is 152 Å². The number of hydrogen-bond donors (Lipinski definition) is 2. The van der Waals surface area contributed by atoms with Crippen LogP contribution in [0.3, 0.4) is 0 Å². The van der Waals surface area contributed by atoms with Gasteiger partial charge < -0.3 is 29.3 Å². The number of hydrogen-bond acceptors (Lipinski definition) is 9. The van der Waals surface area contributed by atoms with E-state index in [4.69, 9.17) is 14.0 Å². The molecule has 1 aromatic heterocycles. The molecule has 2 amide bonds. The molecule has 48 heavy (non-hydrogen) atoms. The Bertz CT molecular complexity index is 1630. The summed E-state index contributed by atoms with van der Waals surface area (Å²) in [5, 5.41) is 16.9. The maximum Gasteiger partial charge on any atom is 0.258 e. The number of benzene rings is 2. The first-order valence-electron chi connectivity index (χ1n) is 16.4. The van der Waals surface area contributed by atoms with E-state index < -0.39 is 28.1 Å². The number of sulfonamides is 1. The Morgan fingerprint density at radius 1 is 1.15 bits per heavy atom. The van der Waals surface area contributed by atoms with Crippen molar-refractivity contribution in [2.24, 2.45) is 5.92 Å². The maximum absolute atomic E-state index is 14.4. The molecule has 0 aliphatic carbocycles. The van der Waals surface area contributed by atoms with E-state index in [0.717, 1.165) is 18.4 Å². The number of likely N-dealkylation sites (N-methyl/N-ethyl adjacent to an activating group) is 1. The lowest BCUT2D eigenvalue weighted by atomic mass is 10.0. The fraction of sp³-hybridized carbons (Fsp3) is 0.514. The molecule has 3 aromatic rings. The molecule has 2 aromatic carbocycles. The van der Waals surface area contributed by atoms with Crippen molar-refractivity contribution in [1.29, 1.82) is 0 Å². The second-order valence-corrected chi connectivity index (χ2v) is 14.6. The van der Waals surface area contributed by atoms with Crippen LogP contribution in [0.1, 0.15) is 67.4 Å². The number of rotatable bonds is 9.